The number of alkyl halides is 1. The number of hydrogen-bond acceptors (Lipinski definition) is 2. The second-order valence-electron chi connectivity index (χ2n) is 7.07. The van der Waals surface area contributed by atoms with Gasteiger partial charge in [-0.25, -0.2) is 4.39 Å². The van der Waals surface area contributed by atoms with Gasteiger partial charge >= 0.3 is 0 Å². The summed E-state index contributed by atoms with van der Waals surface area (Å²) in [5.74, 6) is -0.385. The Balaban J connectivity index is 1.98. The van der Waals surface area contributed by atoms with E-state index in [0.29, 0.717) is 12.1 Å². The fraction of sp³-hybridized carbons (Fsp3) is 0.208. The highest BCUT2D eigenvalue weighted by atomic mass is 19.1. The predicted molar refractivity (Wildman–Crippen MR) is 113 cm³/mol. The number of carbonyl (C=O) groups excluding carboxylic acids is 1. The van der Waals surface area contributed by atoms with Crippen molar-refractivity contribution >= 4 is 16.7 Å². The van der Waals surface area contributed by atoms with Crippen LogP contribution in [0.1, 0.15) is 11.1 Å². The predicted octanol–water partition coefficient (Wildman–Crippen LogP) is 4.44. The molecule has 0 aromatic heterocycles. The number of nitrogens with zero attached hydrogens (tertiary/aromatic N) is 1. The first kappa shape index (κ1) is 19.8. The first-order chi connectivity index (χ1) is 13.5. The highest BCUT2D eigenvalue weighted by Crippen LogP contribution is 2.38. The van der Waals surface area contributed by atoms with Gasteiger partial charge in [0, 0.05) is 12.1 Å². The molecule has 3 aromatic rings. The lowest BCUT2D eigenvalue weighted by Gasteiger charge is -2.35. The minimum absolute atomic E-state index is 0.340. The Morgan fingerprint density at radius 3 is 2.39 bits per heavy atom. The molecule has 0 aliphatic rings. The number of rotatable bonds is 7. The molecular weight excluding hydrogens is 351 g/mol. The van der Waals surface area contributed by atoms with Crippen molar-refractivity contribution in [3.63, 3.8) is 0 Å². The molecule has 0 saturated carbocycles. The standard InChI is InChI=1S/C24H25FN2O/c1-4-24(25,21-16-10-14-19-13-8-9-15-20(19)21)22(27(2)3)23(28)26-17-18-11-6-5-7-12-18/h4-16,22H,1,17H2,2-3H3,(H,26,28)/t22-,24+/m0/s1. The first-order valence-electron chi connectivity index (χ1n) is 9.26. The van der Waals surface area contributed by atoms with Crippen LogP contribution in [0, 0.1) is 0 Å². The second-order valence-corrected chi connectivity index (χ2v) is 7.07. The maximum atomic E-state index is 16.5. The Morgan fingerprint density at radius 2 is 1.71 bits per heavy atom. The summed E-state index contributed by atoms with van der Waals surface area (Å²) < 4.78 is 16.5. The first-order valence-corrected chi connectivity index (χ1v) is 9.26. The van der Waals surface area contributed by atoms with Gasteiger partial charge in [-0.3, -0.25) is 9.69 Å². The number of halogens is 1. The highest BCUT2D eigenvalue weighted by molar-refractivity contribution is 5.90. The Morgan fingerprint density at radius 1 is 1.07 bits per heavy atom. The van der Waals surface area contributed by atoms with Crippen LogP contribution in [0.5, 0.6) is 0 Å². The van der Waals surface area contributed by atoms with E-state index in [-0.39, 0.29) is 5.91 Å². The number of likely N-dealkylation sites (N-methyl/N-ethyl adjacent to an activating group) is 1. The zero-order valence-corrected chi connectivity index (χ0v) is 16.2. The molecule has 0 bridgehead atoms. The molecule has 0 unspecified atom stereocenters. The largest absolute Gasteiger partial charge is 0.351 e. The summed E-state index contributed by atoms with van der Waals surface area (Å²) in [6.07, 6.45) is 1.24. The smallest absolute Gasteiger partial charge is 0.241 e. The van der Waals surface area contributed by atoms with Crippen molar-refractivity contribution in [2.24, 2.45) is 0 Å². The van der Waals surface area contributed by atoms with E-state index >= 15 is 4.39 Å². The average molecular weight is 376 g/mol. The number of benzene rings is 3. The third kappa shape index (κ3) is 3.82. The van der Waals surface area contributed by atoms with Crippen molar-refractivity contribution < 1.29 is 9.18 Å². The van der Waals surface area contributed by atoms with Gasteiger partial charge in [-0.1, -0.05) is 79.4 Å². The minimum Gasteiger partial charge on any atom is -0.351 e. The molecule has 144 valence electrons. The summed E-state index contributed by atoms with van der Waals surface area (Å²) in [5.41, 5.74) is -0.652. The van der Waals surface area contributed by atoms with E-state index in [2.05, 4.69) is 11.9 Å². The topological polar surface area (TPSA) is 32.3 Å². The lowest BCUT2D eigenvalue weighted by molar-refractivity contribution is -0.130. The summed E-state index contributed by atoms with van der Waals surface area (Å²) in [5, 5.41) is 4.57. The van der Waals surface area contributed by atoms with Crippen LogP contribution in [0.25, 0.3) is 10.8 Å². The number of nitrogens with one attached hydrogen (secondary N) is 1. The Hall–Kier alpha value is -2.98. The molecule has 28 heavy (non-hydrogen) atoms. The maximum Gasteiger partial charge on any atom is 0.241 e. The van der Waals surface area contributed by atoms with E-state index in [4.69, 9.17) is 0 Å². The molecule has 3 aromatic carbocycles. The fourth-order valence-corrected chi connectivity index (χ4v) is 3.61. The van der Waals surface area contributed by atoms with Gasteiger partial charge < -0.3 is 5.32 Å². The van der Waals surface area contributed by atoms with Crippen LogP contribution in [0.4, 0.5) is 4.39 Å². The quantitative estimate of drug-likeness (QED) is 0.619. The number of carbonyl (C=O) groups is 1. The third-order valence-corrected chi connectivity index (χ3v) is 4.97. The molecular formula is C24H25FN2O. The Bertz CT molecular complexity index is 965. The van der Waals surface area contributed by atoms with E-state index in [9.17, 15) is 4.79 Å². The molecule has 0 spiro atoms. The maximum absolute atomic E-state index is 16.5. The summed E-state index contributed by atoms with van der Waals surface area (Å²) in [6.45, 7) is 4.08. The van der Waals surface area contributed by atoms with Gasteiger partial charge in [0.05, 0.1) is 0 Å². The van der Waals surface area contributed by atoms with E-state index in [1.54, 1.807) is 25.1 Å². The van der Waals surface area contributed by atoms with Gasteiger partial charge in [0.25, 0.3) is 0 Å². The Labute approximate surface area is 165 Å². The molecule has 0 saturated heterocycles. The molecule has 4 heteroatoms. The molecule has 0 heterocycles. The van der Waals surface area contributed by atoms with Crippen molar-refractivity contribution in [1.29, 1.82) is 0 Å². The molecule has 1 amide bonds. The zero-order valence-electron chi connectivity index (χ0n) is 16.2. The van der Waals surface area contributed by atoms with Crippen LogP contribution < -0.4 is 5.32 Å². The summed E-state index contributed by atoms with van der Waals surface area (Å²) in [7, 11) is 3.41. The number of amides is 1. The van der Waals surface area contributed by atoms with E-state index in [1.807, 2.05) is 66.7 Å². The minimum atomic E-state index is -2.05. The highest BCUT2D eigenvalue weighted by Gasteiger charge is 2.45. The monoisotopic (exact) mass is 376 g/mol. The molecule has 0 radical (unpaired) electrons. The lowest BCUT2D eigenvalue weighted by Crippen LogP contribution is -2.53. The summed E-state index contributed by atoms with van der Waals surface area (Å²) in [4.78, 5) is 14.6. The van der Waals surface area contributed by atoms with Gasteiger partial charge in [-0.15, -0.1) is 0 Å². The van der Waals surface area contributed by atoms with Crippen LogP contribution in [0.3, 0.4) is 0 Å². The molecule has 0 aliphatic carbocycles. The van der Waals surface area contributed by atoms with Gasteiger partial charge in [-0.2, -0.15) is 0 Å². The molecule has 0 fully saturated rings. The van der Waals surface area contributed by atoms with Gasteiger partial charge in [0.1, 0.15) is 6.04 Å². The van der Waals surface area contributed by atoms with Crippen molar-refractivity contribution in [2.45, 2.75) is 18.3 Å². The molecule has 3 nitrogen and oxygen atoms in total. The van der Waals surface area contributed by atoms with Crippen molar-refractivity contribution in [2.75, 3.05) is 14.1 Å². The van der Waals surface area contributed by atoms with Gasteiger partial charge in [-0.05, 0) is 36.5 Å². The van der Waals surface area contributed by atoms with E-state index in [0.717, 1.165) is 16.3 Å². The lowest BCUT2D eigenvalue weighted by atomic mass is 9.84. The van der Waals surface area contributed by atoms with Gasteiger partial charge in [0.2, 0.25) is 5.91 Å². The molecule has 0 aliphatic heterocycles. The SMILES string of the molecule is C=C[C@@](F)(c1cccc2ccccc12)[C@H](C(=O)NCc1ccccc1)N(C)C. The normalized spacial score (nSPS) is 14.4. The van der Waals surface area contributed by atoms with Crippen LogP contribution in [0.2, 0.25) is 0 Å². The van der Waals surface area contributed by atoms with Crippen molar-refractivity contribution in [3.05, 3.63) is 96.6 Å². The summed E-state index contributed by atoms with van der Waals surface area (Å²) in [6, 6.07) is 21.6. The van der Waals surface area contributed by atoms with Crippen LogP contribution in [-0.4, -0.2) is 30.9 Å². The fourth-order valence-electron chi connectivity index (χ4n) is 3.61. The number of hydrogen-bond donors (Lipinski definition) is 1. The van der Waals surface area contributed by atoms with E-state index < -0.39 is 11.7 Å². The average Bonchev–Trinajstić information content (AvgIpc) is 2.72. The number of fused-ring (bicyclic) bond motifs is 1. The molecule has 2 atom stereocenters. The van der Waals surface area contributed by atoms with Crippen LogP contribution >= 0.6 is 0 Å². The van der Waals surface area contributed by atoms with Crippen molar-refractivity contribution in [3.8, 4) is 0 Å². The second kappa shape index (κ2) is 8.36. The Kier molecular flexibility index (Phi) is 5.90. The van der Waals surface area contributed by atoms with Crippen molar-refractivity contribution in [1.82, 2.24) is 10.2 Å². The van der Waals surface area contributed by atoms with Crippen LogP contribution in [-0.2, 0) is 17.0 Å². The molecule has 1 N–H and O–H groups in total. The van der Waals surface area contributed by atoms with E-state index in [1.165, 1.54) is 6.08 Å². The zero-order chi connectivity index (χ0) is 20.1. The molecule has 3 rings (SSSR count). The van der Waals surface area contributed by atoms with Crippen LogP contribution in [0.15, 0.2) is 85.5 Å². The summed E-state index contributed by atoms with van der Waals surface area (Å²) >= 11 is 0. The third-order valence-electron chi connectivity index (χ3n) is 4.97. The van der Waals surface area contributed by atoms with Gasteiger partial charge in [0.15, 0.2) is 5.67 Å².